The summed E-state index contributed by atoms with van der Waals surface area (Å²) in [4.78, 5) is 0. The standard InChI is InChI=1S/C10H23O3PS/c1-6-14(7-2,8-3,9-4)13-15(11,12)10-5/h10H,5-9H2,1-4H3. The van der Waals surface area contributed by atoms with E-state index in [1.54, 1.807) is 0 Å². The van der Waals surface area contributed by atoms with Crippen LogP contribution in [0.1, 0.15) is 27.7 Å². The summed E-state index contributed by atoms with van der Waals surface area (Å²) in [5.74, 6) is 0. The summed E-state index contributed by atoms with van der Waals surface area (Å²) in [6.45, 7) is 8.84. The Balaban J connectivity index is 5.39. The van der Waals surface area contributed by atoms with Gasteiger partial charge < -0.3 is 0 Å². The molecule has 0 atom stereocenters. The topological polar surface area (TPSA) is 43.4 Å². The summed E-state index contributed by atoms with van der Waals surface area (Å²) < 4.78 is 28.6. The van der Waals surface area contributed by atoms with E-state index in [0.29, 0.717) is 0 Å². The maximum absolute atomic E-state index is 11.5. The van der Waals surface area contributed by atoms with Gasteiger partial charge in [0.2, 0.25) is 0 Å². The van der Waals surface area contributed by atoms with Crippen molar-refractivity contribution in [1.29, 1.82) is 0 Å². The first kappa shape index (κ1) is 15.1. The quantitative estimate of drug-likeness (QED) is 0.656. The number of hydrogen-bond donors (Lipinski definition) is 0. The van der Waals surface area contributed by atoms with E-state index in [1.807, 2.05) is 27.7 Å². The first-order valence-electron chi connectivity index (χ1n) is 5.42. The summed E-state index contributed by atoms with van der Waals surface area (Å²) >= 11 is 0. The predicted octanol–water partition coefficient (Wildman–Crippen LogP) is 3.02. The second-order valence-corrected chi connectivity index (χ2v) is 12.0. The predicted molar refractivity (Wildman–Crippen MR) is 69.3 cm³/mol. The van der Waals surface area contributed by atoms with Crippen molar-refractivity contribution in [3.8, 4) is 0 Å². The van der Waals surface area contributed by atoms with Crippen LogP contribution < -0.4 is 0 Å². The third-order valence-electron chi connectivity index (χ3n) is 3.72. The van der Waals surface area contributed by atoms with E-state index < -0.39 is 16.9 Å². The molecule has 0 N–H and O–H groups in total. The summed E-state index contributed by atoms with van der Waals surface area (Å²) in [5.41, 5.74) is 0. The van der Waals surface area contributed by atoms with Crippen LogP contribution in [0.15, 0.2) is 12.0 Å². The molecular formula is C10H23O3PS. The van der Waals surface area contributed by atoms with Crippen LogP contribution in [0.5, 0.6) is 0 Å². The van der Waals surface area contributed by atoms with E-state index in [1.165, 1.54) is 0 Å². The average Bonchev–Trinajstić information content (AvgIpc) is 2.27. The summed E-state index contributed by atoms with van der Waals surface area (Å²) in [6.07, 6.45) is 3.23. The fourth-order valence-corrected chi connectivity index (χ4v) is 8.84. The number of hydrogen-bond acceptors (Lipinski definition) is 3. The molecular weight excluding hydrogens is 231 g/mol. The van der Waals surface area contributed by atoms with Gasteiger partial charge in [0.15, 0.2) is 0 Å². The molecule has 0 radical (unpaired) electrons. The Hall–Kier alpha value is 0.0800. The molecule has 0 bridgehead atoms. The fourth-order valence-electron chi connectivity index (χ4n) is 1.88. The first-order valence-corrected chi connectivity index (χ1v) is 9.79. The first-order chi connectivity index (χ1) is 6.82. The van der Waals surface area contributed by atoms with E-state index in [2.05, 4.69) is 6.58 Å². The second-order valence-electron chi connectivity index (χ2n) is 3.86. The van der Waals surface area contributed by atoms with E-state index >= 15 is 0 Å². The summed E-state index contributed by atoms with van der Waals surface area (Å²) in [6, 6.07) is 0. The van der Waals surface area contributed by atoms with Gasteiger partial charge >= 0.3 is 93.7 Å². The van der Waals surface area contributed by atoms with Gasteiger partial charge in [0.25, 0.3) is 0 Å². The second kappa shape index (κ2) is 4.94. The molecule has 0 saturated heterocycles. The minimum atomic E-state index is -3.56. The minimum absolute atomic E-state index is 0.808. The van der Waals surface area contributed by atoms with Crippen molar-refractivity contribution in [3.63, 3.8) is 0 Å². The van der Waals surface area contributed by atoms with Crippen LogP contribution in [-0.4, -0.2) is 33.1 Å². The van der Waals surface area contributed by atoms with E-state index in [0.717, 1.165) is 30.1 Å². The molecule has 3 nitrogen and oxygen atoms in total. The molecule has 15 heavy (non-hydrogen) atoms. The van der Waals surface area contributed by atoms with Crippen LogP contribution in [0.3, 0.4) is 0 Å². The zero-order valence-electron chi connectivity index (χ0n) is 10.2. The summed E-state index contributed by atoms with van der Waals surface area (Å²) in [7, 11) is -3.56. The Labute approximate surface area is 94.0 Å². The molecule has 0 amide bonds. The molecule has 92 valence electrons. The maximum atomic E-state index is 11.5. The van der Waals surface area contributed by atoms with Gasteiger partial charge in [-0.15, -0.1) is 0 Å². The third kappa shape index (κ3) is 3.02. The van der Waals surface area contributed by atoms with Crippen LogP contribution >= 0.6 is 6.83 Å². The molecule has 0 saturated carbocycles. The Bertz CT molecular complexity index is 294. The molecule has 0 heterocycles. The van der Waals surface area contributed by atoms with Crippen LogP contribution in [0.2, 0.25) is 0 Å². The van der Waals surface area contributed by atoms with Crippen LogP contribution in [-0.2, 0) is 14.1 Å². The van der Waals surface area contributed by atoms with Crippen molar-refractivity contribution >= 4 is 16.9 Å². The molecule has 0 rings (SSSR count). The van der Waals surface area contributed by atoms with Crippen molar-refractivity contribution in [2.24, 2.45) is 0 Å². The van der Waals surface area contributed by atoms with Crippen molar-refractivity contribution < 1.29 is 12.4 Å². The molecule has 0 aromatic carbocycles. The molecule has 0 aliphatic carbocycles. The van der Waals surface area contributed by atoms with Gasteiger partial charge in [-0.1, -0.05) is 0 Å². The monoisotopic (exact) mass is 254 g/mol. The molecule has 0 aliphatic rings. The SMILES string of the molecule is C=CS(=O)(=O)OP(CC)(CC)(CC)CC. The van der Waals surface area contributed by atoms with Crippen LogP contribution in [0, 0.1) is 0 Å². The zero-order chi connectivity index (χ0) is 12.2. The van der Waals surface area contributed by atoms with Gasteiger partial charge in [-0.05, 0) is 0 Å². The van der Waals surface area contributed by atoms with Gasteiger partial charge in [-0.2, -0.15) is 0 Å². The van der Waals surface area contributed by atoms with Crippen LogP contribution in [0.25, 0.3) is 0 Å². The van der Waals surface area contributed by atoms with Gasteiger partial charge in [-0.3, -0.25) is 0 Å². The Kier molecular flexibility index (Phi) is 4.97. The van der Waals surface area contributed by atoms with Gasteiger partial charge in [0, 0.05) is 0 Å². The molecule has 0 aliphatic heterocycles. The molecule has 0 fully saturated rings. The molecule has 0 unspecified atom stereocenters. The fraction of sp³-hybridized carbons (Fsp3) is 0.800. The molecule has 0 aromatic rings. The number of rotatable bonds is 7. The van der Waals surface area contributed by atoms with Crippen molar-refractivity contribution in [2.45, 2.75) is 27.7 Å². The Morgan fingerprint density at radius 1 is 1.07 bits per heavy atom. The molecule has 0 aromatic heterocycles. The van der Waals surface area contributed by atoms with Gasteiger partial charge in [-0.25, -0.2) is 0 Å². The van der Waals surface area contributed by atoms with Gasteiger partial charge in [0.1, 0.15) is 0 Å². The van der Waals surface area contributed by atoms with Crippen molar-refractivity contribution in [1.82, 2.24) is 0 Å². The molecule has 0 spiro atoms. The zero-order valence-corrected chi connectivity index (χ0v) is 11.9. The normalized spacial score (nSPS) is 15.6. The van der Waals surface area contributed by atoms with E-state index in [9.17, 15) is 8.42 Å². The van der Waals surface area contributed by atoms with E-state index in [-0.39, 0.29) is 0 Å². The van der Waals surface area contributed by atoms with E-state index in [4.69, 9.17) is 3.97 Å². The molecule has 5 heteroatoms. The third-order valence-corrected chi connectivity index (χ3v) is 13.0. The van der Waals surface area contributed by atoms with Gasteiger partial charge in [0.05, 0.1) is 0 Å². The van der Waals surface area contributed by atoms with Crippen LogP contribution in [0.4, 0.5) is 0 Å². The Morgan fingerprint density at radius 2 is 1.40 bits per heavy atom. The van der Waals surface area contributed by atoms with Crippen molar-refractivity contribution in [3.05, 3.63) is 12.0 Å². The Morgan fingerprint density at radius 3 is 1.60 bits per heavy atom. The summed E-state index contributed by atoms with van der Waals surface area (Å²) in [5, 5.41) is 0.908. The average molecular weight is 254 g/mol. The van der Waals surface area contributed by atoms with Crippen molar-refractivity contribution in [2.75, 3.05) is 24.6 Å².